The molecule has 0 saturated carbocycles. The van der Waals surface area contributed by atoms with Crippen molar-refractivity contribution in [2.24, 2.45) is 4.99 Å². The normalized spacial score (nSPS) is 15.5. The summed E-state index contributed by atoms with van der Waals surface area (Å²) in [5, 5.41) is 6.82. The van der Waals surface area contributed by atoms with Crippen molar-refractivity contribution in [3.05, 3.63) is 30.1 Å². The van der Waals surface area contributed by atoms with E-state index in [-0.39, 0.29) is 6.09 Å². The number of fused-ring (bicyclic) bond motifs is 1. The number of imidazole rings is 1. The molecule has 1 aliphatic heterocycles. The number of H-pyrrole nitrogens is 1. The number of guanidine groups is 1. The molecule has 1 saturated heterocycles. The second kappa shape index (κ2) is 10.7. The number of nitrogens with one attached hydrogen (secondary N) is 3. The summed E-state index contributed by atoms with van der Waals surface area (Å²) in [6, 6.07) is 8.40. The van der Waals surface area contributed by atoms with Crippen LogP contribution in [-0.2, 0) is 11.2 Å². The topological polar surface area (TPSA) is 94.6 Å². The Morgan fingerprint density at radius 1 is 1.31 bits per heavy atom. The molecule has 1 aromatic carbocycles. The maximum Gasteiger partial charge on any atom is 0.409 e. The lowest BCUT2D eigenvalue weighted by molar-refractivity contribution is 0.0963. The number of hydrogen-bond acceptors (Lipinski definition) is 4. The monoisotopic (exact) mass is 400 g/mol. The molecule has 3 N–H and O–H groups in total. The van der Waals surface area contributed by atoms with Crippen LogP contribution in [0.15, 0.2) is 29.3 Å². The summed E-state index contributed by atoms with van der Waals surface area (Å²) in [7, 11) is 0. The molecule has 0 aliphatic carbocycles. The van der Waals surface area contributed by atoms with E-state index < -0.39 is 0 Å². The van der Waals surface area contributed by atoms with Crippen molar-refractivity contribution in [2.45, 2.75) is 45.6 Å². The van der Waals surface area contributed by atoms with Crippen LogP contribution in [0.1, 0.15) is 38.9 Å². The highest BCUT2D eigenvalue weighted by Gasteiger charge is 2.23. The minimum atomic E-state index is -0.211. The lowest BCUT2D eigenvalue weighted by atomic mass is 10.1. The maximum atomic E-state index is 11.8. The molecule has 0 radical (unpaired) electrons. The Labute approximate surface area is 172 Å². The molecule has 8 nitrogen and oxygen atoms in total. The van der Waals surface area contributed by atoms with E-state index in [0.29, 0.717) is 25.7 Å². The number of carbonyl (C=O) groups excluding carboxylic acids is 1. The van der Waals surface area contributed by atoms with Gasteiger partial charge in [0.2, 0.25) is 0 Å². The molecule has 29 heavy (non-hydrogen) atoms. The number of aliphatic imine (C=N–C) groups is 1. The van der Waals surface area contributed by atoms with Gasteiger partial charge in [-0.15, -0.1) is 0 Å². The number of piperidine rings is 1. The molecule has 1 aromatic heterocycles. The van der Waals surface area contributed by atoms with E-state index in [1.54, 1.807) is 4.90 Å². The van der Waals surface area contributed by atoms with E-state index >= 15 is 0 Å². The number of aromatic amines is 1. The number of rotatable bonds is 7. The fourth-order valence-corrected chi connectivity index (χ4v) is 3.50. The summed E-state index contributed by atoms with van der Waals surface area (Å²) < 4.78 is 5.08. The first kappa shape index (κ1) is 21.0. The van der Waals surface area contributed by atoms with Crippen molar-refractivity contribution in [3.8, 4) is 0 Å². The van der Waals surface area contributed by atoms with Gasteiger partial charge in [0, 0.05) is 38.6 Å². The minimum Gasteiger partial charge on any atom is -0.450 e. The molecule has 3 rings (SSSR count). The number of nitrogens with zero attached hydrogens (tertiary/aromatic N) is 3. The van der Waals surface area contributed by atoms with Gasteiger partial charge in [-0.1, -0.05) is 12.1 Å². The van der Waals surface area contributed by atoms with Crippen molar-refractivity contribution < 1.29 is 9.53 Å². The Balaban J connectivity index is 1.44. The Kier molecular flexibility index (Phi) is 7.72. The van der Waals surface area contributed by atoms with Crippen LogP contribution in [0.3, 0.4) is 0 Å². The Morgan fingerprint density at radius 2 is 2.10 bits per heavy atom. The van der Waals surface area contributed by atoms with Crippen molar-refractivity contribution in [2.75, 3.05) is 32.8 Å². The van der Waals surface area contributed by atoms with Gasteiger partial charge in [-0.2, -0.15) is 0 Å². The van der Waals surface area contributed by atoms with E-state index in [2.05, 4.69) is 27.5 Å². The second-order valence-electron chi connectivity index (χ2n) is 7.17. The number of aromatic nitrogens is 2. The molecule has 2 aromatic rings. The van der Waals surface area contributed by atoms with Gasteiger partial charge in [0.05, 0.1) is 17.6 Å². The molecule has 0 unspecified atom stereocenters. The first-order valence-corrected chi connectivity index (χ1v) is 10.6. The van der Waals surface area contributed by atoms with Crippen LogP contribution in [0, 0.1) is 0 Å². The molecule has 0 atom stereocenters. The molecule has 1 fully saturated rings. The van der Waals surface area contributed by atoms with Crippen LogP contribution in [0.2, 0.25) is 0 Å². The largest absolute Gasteiger partial charge is 0.450 e. The third kappa shape index (κ3) is 6.10. The summed E-state index contributed by atoms with van der Waals surface area (Å²) in [5.74, 6) is 1.84. The highest BCUT2D eigenvalue weighted by atomic mass is 16.6. The molecule has 0 spiro atoms. The zero-order valence-corrected chi connectivity index (χ0v) is 17.4. The summed E-state index contributed by atoms with van der Waals surface area (Å²) >= 11 is 0. The highest BCUT2D eigenvalue weighted by Crippen LogP contribution is 2.12. The van der Waals surface area contributed by atoms with E-state index in [1.807, 2.05) is 31.2 Å². The highest BCUT2D eigenvalue weighted by molar-refractivity contribution is 5.80. The fourth-order valence-electron chi connectivity index (χ4n) is 3.50. The quantitative estimate of drug-likeness (QED) is 0.377. The Hall–Kier alpha value is -2.77. The number of likely N-dealkylation sites (tertiary alicyclic amines) is 1. The molecule has 8 heteroatoms. The summed E-state index contributed by atoms with van der Waals surface area (Å²) in [6.45, 7) is 7.28. The Morgan fingerprint density at radius 3 is 2.83 bits per heavy atom. The maximum absolute atomic E-state index is 11.8. The van der Waals surface area contributed by atoms with Gasteiger partial charge in [-0.05, 0) is 45.2 Å². The molecule has 158 valence electrons. The molecule has 2 heterocycles. The fraction of sp³-hybridized carbons (Fsp3) is 0.571. The average molecular weight is 401 g/mol. The van der Waals surface area contributed by atoms with Gasteiger partial charge in [-0.25, -0.2) is 9.78 Å². The number of ether oxygens (including phenoxy) is 1. The molecular formula is C21H32N6O2. The number of amides is 1. The predicted molar refractivity (Wildman–Crippen MR) is 115 cm³/mol. The third-order valence-electron chi connectivity index (χ3n) is 4.99. The summed E-state index contributed by atoms with van der Waals surface area (Å²) in [5.41, 5.74) is 2.09. The smallest absolute Gasteiger partial charge is 0.409 e. The minimum absolute atomic E-state index is 0.211. The molecule has 1 aliphatic rings. The van der Waals surface area contributed by atoms with E-state index in [0.717, 1.165) is 61.6 Å². The number of para-hydroxylation sites is 2. The molecule has 0 bridgehead atoms. The van der Waals surface area contributed by atoms with Crippen LogP contribution < -0.4 is 10.6 Å². The lowest BCUT2D eigenvalue weighted by Gasteiger charge is -2.32. The van der Waals surface area contributed by atoms with Crippen LogP contribution in [0.5, 0.6) is 0 Å². The number of hydrogen-bond donors (Lipinski definition) is 3. The first-order chi connectivity index (χ1) is 14.2. The Bertz CT molecular complexity index is 777. The van der Waals surface area contributed by atoms with Gasteiger partial charge < -0.3 is 25.3 Å². The van der Waals surface area contributed by atoms with Crippen LogP contribution >= 0.6 is 0 Å². The molecule has 1 amide bonds. The van der Waals surface area contributed by atoms with Gasteiger partial charge >= 0.3 is 6.09 Å². The first-order valence-electron chi connectivity index (χ1n) is 10.6. The average Bonchev–Trinajstić information content (AvgIpc) is 3.15. The number of aryl methyl sites for hydroxylation is 1. The predicted octanol–water partition coefficient (Wildman–Crippen LogP) is 2.67. The van der Waals surface area contributed by atoms with Crippen molar-refractivity contribution in [1.29, 1.82) is 0 Å². The van der Waals surface area contributed by atoms with Gasteiger partial charge in [-0.3, -0.25) is 4.99 Å². The lowest BCUT2D eigenvalue weighted by Crippen LogP contribution is -2.49. The zero-order valence-electron chi connectivity index (χ0n) is 17.4. The van der Waals surface area contributed by atoms with E-state index in [1.165, 1.54) is 0 Å². The molecular weight excluding hydrogens is 368 g/mol. The van der Waals surface area contributed by atoms with Gasteiger partial charge in [0.25, 0.3) is 0 Å². The van der Waals surface area contributed by atoms with Crippen molar-refractivity contribution >= 4 is 23.1 Å². The number of benzene rings is 1. The van der Waals surface area contributed by atoms with Gasteiger partial charge in [0.15, 0.2) is 5.96 Å². The summed E-state index contributed by atoms with van der Waals surface area (Å²) in [4.78, 5) is 26.3. The summed E-state index contributed by atoms with van der Waals surface area (Å²) in [6.07, 6.45) is 3.37. The second-order valence-corrected chi connectivity index (χ2v) is 7.17. The van der Waals surface area contributed by atoms with Crippen molar-refractivity contribution in [1.82, 2.24) is 25.5 Å². The van der Waals surface area contributed by atoms with Crippen LogP contribution in [0.4, 0.5) is 4.79 Å². The standard InChI is InChI=1S/C21H32N6O2/c1-3-22-20(24-16-11-14-27(15-12-16)21(28)29-4-2)23-13-7-10-19-25-17-8-5-6-9-18(17)26-19/h5-6,8-9,16H,3-4,7,10-15H2,1-2H3,(H,25,26)(H2,22,23,24). The number of carbonyl (C=O) groups is 1. The SMILES string of the molecule is CCNC(=NCCCc1nc2ccccc2[nH]1)NC1CCN(C(=O)OCC)CC1. The van der Waals surface area contributed by atoms with E-state index in [4.69, 9.17) is 9.73 Å². The van der Waals surface area contributed by atoms with Crippen LogP contribution in [-0.4, -0.2) is 65.7 Å². The van der Waals surface area contributed by atoms with Crippen molar-refractivity contribution in [3.63, 3.8) is 0 Å². The van der Waals surface area contributed by atoms with Gasteiger partial charge in [0.1, 0.15) is 5.82 Å². The van der Waals surface area contributed by atoms with Crippen LogP contribution in [0.25, 0.3) is 11.0 Å². The zero-order chi connectivity index (χ0) is 20.5. The van der Waals surface area contributed by atoms with E-state index in [9.17, 15) is 4.79 Å². The third-order valence-corrected chi connectivity index (χ3v) is 4.99.